The van der Waals surface area contributed by atoms with E-state index in [1.807, 2.05) is 23.6 Å². The van der Waals surface area contributed by atoms with Crippen molar-refractivity contribution in [3.8, 4) is 22.3 Å². The molecular formula is C20H23N5O3S. The Morgan fingerprint density at radius 3 is 2.66 bits per heavy atom. The summed E-state index contributed by atoms with van der Waals surface area (Å²) in [5.74, 6) is 0.710. The van der Waals surface area contributed by atoms with Gasteiger partial charge in [-0.2, -0.15) is 5.10 Å². The molecule has 1 N–H and O–H groups in total. The number of aryl methyl sites for hydroxylation is 1. The number of hydrogen-bond acceptors (Lipinski definition) is 7. The fourth-order valence-corrected chi connectivity index (χ4v) is 4.18. The number of methoxy groups -OCH3 is 1. The van der Waals surface area contributed by atoms with Crippen LogP contribution in [0, 0.1) is 0 Å². The monoisotopic (exact) mass is 413 g/mol. The van der Waals surface area contributed by atoms with Gasteiger partial charge in [-0.1, -0.05) is 6.07 Å². The number of rotatable bonds is 6. The minimum atomic E-state index is -0.0947. The molecule has 0 unspecified atom stereocenters. The molecule has 0 bridgehead atoms. The zero-order valence-electron chi connectivity index (χ0n) is 16.4. The SMILES string of the molecule is COc1nccnc1OC1CCC(NC(=O)c2cc(-c3cccs3)nn2C)CC1. The predicted molar refractivity (Wildman–Crippen MR) is 109 cm³/mol. The molecule has 29 heavy (non-hydrogen) atoms. The number of nitrogens with one attached hydrogen (secondary N) is 1. The second-order valence-electron chi connectivity index (χ2n) is 6.95. The molecule has 0 aromatic carbocycles. The molecule has 0 atom stereocenters. The fraction of sp³-hybridized carbons (Fsp3) is 0.400. The fourth-order valence-electron chi connectivity index (χ4n) is 3.50. The van der Waals surface area contributed by atoms with E-state index in [0.29, 0.717) is 17.5 Å². The van der Waals surface area contributed by atoms with Gasteiger partial charge in [-0.15, -0.1) is 11.3 Å². The quantitative estimate of drug-likeness (QED) is 0.668. The molecule has 152 valence electrons. The van der Waals surface area contributed by atoms with E-state index in [9.17, 15) is 4.79 Å². The molecule has 3 heterocycles. The van der Waals surface area contributed by atoms with Gasteiger partial charge < -0.3 is 14.8 Å². The summed E-state index contributed by atoms with van der Waals surface area (Å²) in [7, 11) is 3.34. The van der Waals surface area contributed by atoms with Crippen molar-refractivity contribution in [3.63, 3.8) is 0 Å². The maximum absolute atomic E-state index is 12.7. The molecule has 1 aliphatic carbocycles. The smallest absolute Gasteiger partial charge is 0.278 e. The Kier molecular flexibility index (Phi) is 5.75. The number of hydrogen-bond donors (Lipinski definition) is 1. The first-order valence-corrected chi connectivity index (χ1v) is 10.4. The van der Waals surface area contributed by atoms with Crippen LogP contribution in [0.1, 0.15) is 36.2 Å². The molecule has 3 aromatic rings. The van der Waals surface area contributed by atoms with Gasteiger partial charge in [0.05, 0.1) is 12.0 Å². The molecule has 1 fully saturated rings. The molecule has 3 aromatic heterocycles. The highest BCUT2D eigenvalue weighted by Gasteiger charge is 2.26. The summed E-state index contributed by atoms with van der Waals surface area (Å²) in [5, 5.41) is 9.60. The number of carbonyl (C=O) groups is 1. The molecule has 9 heteroatoms. The van der Waals surface area contributed by atoms with E-state index in [-0.39, 0.29) is 18.1 Å². The van der Waals surface area contributed by atoms with Crippen LogP contribution in [0.2, 0.25) is 0 Å². The summed E-state index contributed by atoms with van der Waals surface area (Å²) in [5.41, 5.74) is 1.39. The number of carbonyl (C=O) groups excluding carboxylic acids is 1. The average Bonchev–Trinajstić information content (AvgIpc) is 3.39. The minimum absolute atomic E-state index is 0.0379. The van der Waals surface area contributed by atoms with Crippen LogP contribution in [0.15, 0.2) is 36.0 Å². The maximum Gasteiger partial charge on any atom is 0.278 e. The molecule has 8 nitrogen and oxygen atoms in total. The van der Waals surface area contributed by atoms with Gasteiger partial charge in [-0.05, 0) is 43.2 Å². The molecule has 1 aliphatic rings. The van der Waals surface area contributed by atoms with E-state index < -0.39 is 0 Å². The number of nitrogens with zero attached hydrogens (tertiary/aromatic N) is 4. The van der Waals surface area contributed by atoms with Crippen LogP contribution in [0.5, 0.6) is 11.8 Å². The van der Waals surface area contributed by atoms with Crippen molar-refractivity contribution < 1.29 is 14.3 Å². The normalized spacial score (nSPS) is 19.0. The van der Waals surface area contributed by atoms with E-state index in [1.54, 1.807) is 42.6 Å². The van der Waals surface area contributed by atoms with E-state index in [2.05, 4.69) is 20.4 Å². The third-order valence-electron chi connectivity index (χ3n) is 5.00. The van der Waals surface area contributed by atoms with Crippen LogP contribution in [0.25, 0.3) is 10.6 Å². The third-order valence-corrected chi connectivity index (χ3v) is 5.89. The van der Waals surface area contributed by atoms with Crippen molar-refractivity contribution >= 4 is 17.2 Å². The van der Waals surface area contributed by atoms with Crippen LogP contribution < -0.4 is 14.8 Å². The van der Waals surface area contributed by atoms with Crippen molar-refractivity contribution in [1.29, 1.82) is 0 Å². The summed E-state index contributed by atoms with van der Waals surface area (Å²) in [6.07, 6.45) is 6.54. The van der Waals surface area contributed by atoms with Gasteiger partial charge >= 0.3 is 0 Å². The van der Waals surface area contributed by atoms with Gasteiger partial charge in [0.1, 0.15) is 17.5 Å². The number of aromatic nitrogens is 4. The number of ether oxygens (including phenoxy) is 2. The zero-order chi connectivity index (χ0) is 20.2. The molecule has 1 saturated carbocycles. The largest absolute Gasteiger partial charge is 0.477 e. The number of thiophene rings is 1. The van der Waals surface area contributed by atoms with Crippen LogP contribution in [0.4, 0.5) is 0 Å². The Balaban J connectivity index is 1.32. The average molecular weight is 414 g/mol. The minimum Gasteiger partial charge on any atom is -0.477 e. The Bertz CT molecular complexity index is 964. The highest BCUT2D eigenvalue weighted by atomic mass is 32.1. The van der Waals surface area contributed by atoms with Crippen LogP contribution in [0.3, 0.4) is 0 Å². The van der Waals surface area contributed by atoms with Gasteiger partial charge in [-0.3, -0.25) is 9.48 Å². The molecular weight excluding hydrogens is 390 g/mol. The summed E-state index contributed by atoms with van der Waals surface area (Å²) in [6, 6.07) is 5.94. The molecule has 0 saturated heterocycles. The van der Waals surface area contributed by atoms with Gasteiger partial charge in [-0.25, -0.2) is 9.97 Å². The molecule has 1 amide bonds. The number of amides is 1. The standard InChI is InChI=1S/C20H23N5O3S/c1-25-16(12-15(24-25)17-4-3-11-29-17)18(26)23-13-5-7-14(8-6-13)28-20-19(27-2)21-9-10-22-20/h3-4,9-14H,5-8H2,1-2H3,(H,23,26). The van der Waals surface area contributed by atoms with Crippen molar-refractivity contribution in [3.05, 3.63) is 41.7 Å². The van der Waals surface area contributed by atoms with E-state index in [0.717, 1.165) is 36.3 Å². The van der Waals surface area contributed by atoms with Crippen molar-refractivity contribution in [2.45, 2.75) is 37.8 Å². The highest BCUT2D eigenvalue weighted by molar-refractivity contribution is 7.13. The van der Waals surface area contributed by atoms with Crippen molar-refractivity contribution in [1.82, 2.24) is 25.1 Å². The van der Waals surface area contributed by atoms with E-state index in [4.69, 9.17) is 9.47 Å². The maximum atomic E-state index is 12.7. The summed E-state index contributed by atoms with van der Waals surface area (Å²) >= 11 is 1.61. The topological polar surface area (TPSA) is 91.2 Å². The zero-order valence-corrected chi connectivity index (χ0v) is 17.2. The van der Waals surface area contributed by atoms with Crippen molar-refractivity contribution in [2.75, 3.05) is 7.11 Å². The molecule has 0 radical (unpaired) electrons. The first-order valence-electron chi connectivity index (χ1n) is 9.54. The van der Waals surface area contributed by atoms with Crippen LogP contribution >= 0.6 is 11.3 Å². The van der Waals surface area contributed by atoms with E-state index in [1.165, 1.54) is 0 Å². The summed E-state index contributed by atoms with van der Waals surface area (Å²) in [4.78, 5) is 22.1. The van der Waals surface area contributed by atoms with Crippen molar-refractivity contribution in [2.24, 2.45) is 7.05 Å². The second-order valence-corrected chi connectivity index (χ2v) is 7.90. The lowest BCUT2D eigenvalue weighted by Gasteiger charge is -2.29. The first kappa shape index (κ1) is 19.4. The van der Waals surface area contributed by atoms with Crippen LogP contribution in [-0.2, 0) is 7.05 Å². The van der Waals surface area contributed by atoms with Crippen LogP contribution in [-0.4, -0.2) is 44.9 Å². The lowest BCUT2D eigenvalue weighted by Crippen LogP contribution is -2.40. The highest BCUT2D eigenvalue weighted by Crippen LogP contribution is 2.28. The summed E-state index contributed by atoms with van der Waals surface area (Å²) in [6.45, 7) is 0. The van der Waals surface area contributed by atoms with E-state index >= 15 is 0 Å². The molecule has 4 rings (SSSR count). The lowest BCUT2D eigenvalue weighted by atomic mass is 9.93. The molecule has 0 aliphatic heterocycles. The summed E-state index contributed by atoms with van der Waals surface area (Å²) < 4.78 is 12.8. The Morgan fingerprint density at radius 2 is 1.97 bits per heavy atom. The Hall–Kier alpha value is -2.94. The predicted octanol–water partition coefficient (Wildman–Crippen LogP) is 3.07. The lowest BCUT2D eigenvalue weighted by molar-refractivity contribution is 0.0877. The van der Waals surface area contributed by atoms with Gasteiger partial charge in [0, 0.05) is 25.5 Å². The third kappa shape index (κ3) is 4.40. The second kappa shape index (κ2) is 8.60. The Labute approximate surface area is 172 Å². The van der Waals surface area contributed by atoms with Gasteiger partial charge in [0.15, 0.2) is 0 Å². The molecule has 0 spiro atoms. The Morgan fingerprint density at radius 1 is 1.21 bits per heavy atom. The van der Waals surface area contributed by atoms with Gasteiger partial charge in [0.25, 0.3) is 17.7 Å². The first-order chi connectivity index (χ1) is 14.1. The van der Waals surface area contributed by atoms with Gasteiger partial charge in [0.2, 0.25) is 0 Å².